The molecule has 0 aromatic rings. The second-order valence-corrected chi connectivity index (χ2v) is 3.04. The summed E-state index contributed by atoms with van der Waals surface area (Å²) in [4.78, 5) is 0. The van der Waals surface area contributed by atoms with Crippen molar-refractivity contribution in [3.63, 3.8) is 0 Å². The molecule has 4 heteroatoms. The van der Waals surface area contributed by atoms with E-state index in [2.05, 4.69) is 5.32 Å². The van der Waals surface area contributed by atoms with Gasteiger partial charge in [0.15, 0.2) is 0 Å². The van der Waals surface area contributed by atoms with Crippen LogP contribution in [0.2, 0.25) is 0 Å². The van der Waals surface area contributed by atoms with E-state index in [4.69, 9.17) is 14.2 Å². The van der Waals surface area contributed by atoms with E-state index < -0.39 is 0 Å². The topological polar surface area (TPSA) is 39.7 Å². The predicted molar refractivity (Wildman–Crippen MR) is 56.7 cm³/mol. The van der Waals surface area contributed by atoms with Gasteiger partial charge in [0.25, 0.3) is 0 Å². The van der Waals surface area contributed by atoms with Gasteiger partial charge in [-0.2, -0.15) is 0 Å². The van der Waals surface area contributed by atoms with Crippen molar-refractivity contribution in [3.8, 4) is 0 Å². The highest BCUT2D eigenvalue weighted by Crippen LogP contribution is 1.93. The molecule has 0 bridgehead atoms. The van der Waals surface area contributed by atoms with Gasteiger partial charge in [-0.1, -0.05) is 0 Å². The van der Waals surface area contributed by atoms with E-state index in [1.807, 2.05) is 14.0 Å². The first-order chi connectivity index (χ1) is 6.85. The number of methoxy groups -OCH3 is 1. The van der Waals surface area contributed by atoms with E-state index in [9.17, 15) is 0 Å². The van der Waals surface area contributed by atoms with Crippen LogP contribution in [0.3, 0.4) is 0 Å². The normalized spacial score (nSPS) is 13.1. The summed E-state index contributed by atoms with van der Waals surface area (Å²) in [7, 11) is 3.62. The zero-order valence-corrected chi connectivity index (χ0v) is 9.54. The van der Waals surface area contributed by atoms with Gasteiger partial charge in [0, 0.05) is 26.4 Å². The molecule has 4 nitrogen and oxygen atoms in total. The molecule has 1 unspecified atom stereocenters. The summed E-state index contributed by atoms with van der Waals surface area (Å²) in [5.41, 5.74) is 0. The van der Waals surface area contributed by atoms with Gasteiger partial charge in [0.1, 0.15) is 0 Å². The van der Waals surface area contributed by atoms with Crippen LogP contribution in [-0.2, 0) is 14.2 Å². The maximum absolute atomic E-state index is 5.37. The van der Waals surface area contributed by atoms with Gasteiger partial charge in [-0.3, -0.25) is 0 Å². The smallest absolute Gasteiger partial charge is 0.0700 e. The van der Waals surface area contributed by atoms with Gasteiger partial charge < -0.3 is 19.5 Å². The lowest BCUT2D eigenvalue weighted by molar-refractivity contribution is 0.0567. The number of rotatable bonds is 10. The number of nitrogens with one attached hydrogen (secondary N) is 1. The SMILES string of the molecule is CCOCC(CCOCCOC)NC. The third-order valence-electron chi connectivity index (χ3n) is 1.97. The quantitative estimate of drug-likeness (QED) is 0.532. The van der Waals surface area contributed by atoms with Gasteiger partial charge in [0.2, 0.25) is 0 Å². The minimum atomic E-state index is 0.387. The first kappa shape index (κ1) is 13.8. The third kappa shape index (κ3) is 8.44. The molecule has 14 heavy (non-hydrogen) atoms. The second-order valence-electron chi connectivity index (χ2n) is 3.04. The van der Waals surface area contributed by atoms with Crippen LogP contribution in [0.4, 0.5) is 0 Å². The summed E-state index contributed by atoms with van der Waals surface area (Å²) in [5.74, 6) is 0. The summed E-state index contributed by atoms with van der Waals surface area (Å²) < 4.78 is 15.6. The molecule has 0 amide bonds. The van der Waals surface area contributed by atoms with Crippen molar-refractivity contribution in [2.75, 3.05) is 47.2 Å². The third-order valence-corrected chi connectivity index (χ3v) is 1.97. The minimum Gasteiger partial charge on any atom is -0.382 e. The Morgan fingerprint density at radius 1 is 1.14 bits per heavy atom. The highest BCUT2D eigenvalue weighted by Gasteiger charge is 2.04. The maximum atomic E-state index is 5.37. The molecule has 1 N–H and O–H groups in total. The lowest BCUT2D eigenvalue weighted by Gasteiger charge is -2.15. The molecule has 0 saturated heterocycles. The van der Waals surface area contributed by atoms with Crippen molar-refractivity contribution < 1.29 is 14.2 Å². The van der Waals surface area contributed by atoms with Gasteiger partial charge in [-0.15, -0.1) is 0 Å². The number of ether oxygens (including phenoxy) is 3. The van der Waals surface area contributed by atoms with E-state index in [1.165, 1.54) is 0 Å². The fraction of sp³-hybridized carbons (Fsp3) is 1.00. The molecule has 0 heterocycles. The highest BCUT2D eigenvalue weighted by molar-refractivity contribution is 4.62. The van der Waals surface area contributed by atoms with Crippen LogP contribution in [0.5, 0.6) is 0 Å². The van der Waals surface area contributed by atoms with Crippen molar-refractivity contribution in [1.82, 2.24) is 5.32 Å². The minimum absolute atomic E-state index is 0.387. The molecule has 0 aliphatic rings. The van der Waals surface area contributed by atoms with Crippen molar-refractivity contribution >= 4 is 0 Å². The first-order valence-electron chi connectivity index (χ1n) is 5.16. The second kappa shape index (κ2) is 10.9. The van der Waals surface area contributed by atoms with E-state index in [-0.39, 0.29) is 0 Å². The Hall–Kier alpha value is -0.160. The summed E-state index contributed by atoms with van der Waals surface area (Å²) in [6.07, 6.45) is 0.972. The van der Waals surface area contributed by atoms with Gasteiger partial charge in [0.05, 0.1) is 19.8 Å². The molecule has 0 aromatic carbocycles. The molecule has 0 fully saturated rings. The number of hydrogen-bond donors (Lipinski definition) is 1. The predicted octanol–water partition coefficient (Wildman–Crippen LogP) is 0.664. The van der Waals surface area contributed by atoms with Gasteiger partial charge in [-0.25, -0.2) is 0 Å². The van der Waals surface area contributed by atoms with Crippen molar-refractivity contribution in [3.05, 3.63) is 0 Å². The molecule has 0 spiro atoms. The Labute approximate surface area is 86.9 Å². The Morgan fingerprint density at radius 2 is 1.93 bits per heavy atom. The first-order valence-corrected chi connectivity index (χ1v) is 5.16. The molecule has 0 rings (SSSR count). The molecule has 86 valence electrons. The lowest BCUT2D eigenvalue weighted by Crippen LogP contribution is -2.31. The number of likely N-dealkylation sites (N-methyl/N-ethyl adjacent to an activating group) is 1. The molecule has 0 aliphatic carbocycles. The maximum Gasteiger partial charge on any atom is 0.0700 e. The summed E-state index contributed by atoms with van der Waals surface area (Å²) in [5, 5.41) is 3.19. The zero-order valence-electron chi connectivity index (χ0n) is 9.54. The van der Waals surface area contributed by atoms with Crippen LogP contribution in [0, 0.1) is 0 Å². The Kier molecular flexibility index (Phi) is 10.8. The van der Waals surface area contributed by atoms with Crippen LogP contribution < -0.4 is 5.32 Å². The average Bonchev–Trinajstić information content (AvgIpc) is 2.22. The van der Waals surface area contributed by atoms with E-state index in [0.29, 0.717) is 19.3 Å². The van der Waals surface area contributed by atoms with Crippen LogP contribution in [-0.4, -0.2) is 53.2 Å². The Morgan fingerprint density at radius 3 is 2.50 bits per heavy atom. The van der Waals surface area contributed by atoms with Crippen molar-refractivity contribution in [2.24, 2.45) is 0 Å². The highest BCUT2D eigenvalue weighted by atomic mass is 16.5. The van der Waals surface area contributed by atoms with Crippen LogP contribution >= 0.6 is 0 Å². The largest absolute Gasteiger partial charge is 0.382 e. The summed E-state index contributed by atoms with van der Waals surface area (Å²) in [6.45, 7) is 5.60. The molecular formula is C10H23NO3. The van der Waals surface area contributed by atoms with Gasteiger partial charge >= 0.3 is 0 Å². The Bertz CT molecular complexity index is 112. The molecule has 0 aromatic heterocycles. The molecule has 0 saturated carbocycles. The van der Waals surface area contributed by atoms with Crippen molar-refractivity contribution in [1.29, 1.82) is 0 Å². The standard InChI is InChI=1S/C10H23NO3/c1-4-13-9-10(11-2)5-6-14-8-7-12-3/h10-11H,4-9H2,1-3H3. The monoisotopic (exact) mass is 205 g/mol. The van der Waals surface area contributed by atoms with Crippen LogP contribution in [0.25, 0.3) is 0 Å². The fourth-order valence-electron chi connectivity index (χ4n) is 1.04. The number of hydrogen-bond acceptors (Lipinski definition) is 4. The zero-order chi connectivity index (χ0) is 10.6. The average molecular weight is 205 g/mol. The summed E-state index contributed by atoms with van der Waals surface area (Å²) >= 11 is 0. The van der Waals surface area contributed by atoms with Crippen LogP contribution in [0.15, 0.2) is 0 Å². The van der Waals surface area contributed by atoms with Gasteiger partial charge in [-0.05, 0) is 20.4 Å². The van der Waals surface area contributed by atoms with E-state index in [0.717, 1.165) is 26.2 Å². The molecule has 0 aliphatic heterocycles. The lowest BCUT2D eigenvalue weighted by atomic mass is 10.2. The van der Waals surface area contributed by atoms with Crippen molar-refractivity contribution in [2.45, 2.75) is 19.4 Å². The Balaban J connectivity index is 3.24. The van der Waals surface area contributed by atoms with E-state index >= 15 is 0 Å². The van der Waals surface area contributed by atoms with E-state index in [1.54, 1.807) is 7.11 Å². The molecular weight excluding hydrogens is 182 g/mol. The molecule has 1 atom stereocenters. The van der Waals surface area contributed by atoms with Crippen LogP contribution in [0.1, 0.15) is 13.3 Å². The molecule has 0 radical (unpaired) electrons. The summed E-state index contributed by atoms with van der Waals surface area (Å²) in [6, 6.07) is 0.387. The fourth-order valence-corrected chi connectivity index (χ4v) is 1.04.